The fourth-order valence-corrected chi connectivity index (χ4v) is 1.24. The first-order chi connectivity index (χ1) is 5.85. The molecule has 0 aliphatic carbocycles. The molecule has 0 saturated carbocycles. The van der Waals surface area contributed by atoms with Crippen LogP contribution < -0.4 is 16.4 Å². The molecule has 4 nitrogen and oxygen atoms in total. The molecule has 74 valence electrons. The number of hydrogen-bond donors (Lipinski definition) is 4. The molecule has 6 N–H and O–H groups in total. The quantitative estimate of drug-likeness (QED) is 0.332. The highest BCUT2D eigenvalue weighted by atomic mass is 16.3. The van der Waals surface area contributed by atoms with Crippen molar-refractivity contribution in [2.75, 3.05) is 39.3 Å². The number of nitrogens with two attached hydrogens (primary N) is 2. The zero-order chi connectivity index (χ0) is 9.23. The Morgan fingerprint density at radius 2 is 1.42 bits per heavy atom. The molecule has 0 aromatic carbocycles. The predicted octanol–water partition coefficient (Wildman–Crippen LogP) is -2.44. The van der Waals surface area contributed by atoms with Crippen molar-refractivity contribution in [2.24, 2.45) is 11.5 Å². The highest BCUT2D eigenvalue weighted by molar-refractivity contribution is 4.38. The smallest absolute Gasteiger partial charge is 0.101 e. The number of aliphatic hydroxyl groups is 1. The summed E-state index contributed by atoms with van der Waals surface area (Å²) < 4.78 is 0. The molecule has 0 rings (SSSR count). The van der Waals surface area contributed by atoms with E-state index < -0.39 is 0 Å². The Morgan fingerprint density at radius 1 is 0.917 bits per heavy atom. The highest BCUT2D eigenvalue weighted by Crippen LogP contribution is 1.68. The van der Waals surface area contributed by atoms with Gasteiger partial charge in [0.15, 0.2) is 0 Å². The topological polar surface area (TPSA) is 76.7 Å². The van der Waals surface area contributed by atoms with Crippen LogP contribution in [0.5, 0.6) is 0 Å². The third kappa shape index (κ3) is 6.54. The minimum absolute atomic E-state index is 0.254. The van der Waals surface area contributed by atoms with Gasteiger partial charge in [-0.05, 0) is 13.1 Å². The van der Waals surface area contributed by atoms with E-state index in [0.717, 1.165) is 45.6 Å². The summed E-state index contributed by atoms with van der Waals surface area (Å²) in [6, 6.07) is 0. The molecule has 0 amide bonds. The molecule has 0 aliphatic heterocycles. The Bertz CT molecular complexity index is 82.4. The fraction of sp³-hybridized carbons (Fsp3) is 1.00. The van der Waals surface area contributed by atoms with Crippen molar-refractivity contribution in [3.8, 4) is 0 Å². The molecule has 12 heavy (non-hydrogen) atoms. The van der Waals surface area contributed by atoms with E-state index in [4.69, 9.17) is 16.6 Å². The van der Waals surface area contributed by atoms with Gasteiger partial charge in [-0.3, -0.25) is 0 Å². The van der Waals surface area contributed by atoms with Crippen LogP contribution in [0.15, 0.2) is 0 Å². The summed E-state index contributed by atoms with van der Waals surface area (Å²) in [6.07, 6.45) is 2.06. The van der Waals surface area contributed by atoms with Crippen LogP contribution in [0, 0.1) is 0 Å². The average molecular weight is 176 g/mol. The standard InChI is InChI=1S/C8H21N3O/c9-3-1-5-11(7-8-12)6-2-4-10/h12H,1-10H2/p+1. The number of hydrogen-bond acceptors (Lipinski definition) is 3. The molecule has 0 unspecified atom stereocenters. The molecule has 0 aromatic rings. The molecule has 0 heterocycles. The molecule has 0 aromatic heterocycles. The van der Waals surface area contributed by atoms with Crippen LogP contribution in [-0.2, 0) is 0 Å². The van der Waals surface area contributed by atoms with E-state index in [1.54, 1.807) is 0 Å². The lowest BCUT2D eigenvalue weighted by atomic mass is 10.3. The zero-order valence-electron chi connectivity index (χ0n) is 7.76. The van der Waals surface area contributed by atoms with Crippen molar-refractivity contribution in [3.63, 3.8) is 0 Å². The highest BCUT2D eigenvalue weighted by Gasteiger charge is 2.05. The minimum Gasteiger partial charge on any atom is -0.391 e. The third-order valence-corrected chi connectivity index (χ3v) is 1.93. The lowest BCUT2D eigenvalue weighted by Gasteiger charge is -2.17. The first kappa shape index (κ1) is 11.8. The van der Waals surface area contributed by atoms with Gasteiger partial charge in [-0.2, -0.15) is 0 Å². The van der Waals surface area contributed by atoms with Crippen molar-refractivity contribution in [1.29, 1.82) is 0 Å². The SMILES string of the molecule is NCCC[NH+](CCO)CCCN. The summed E-state index contributed by atoms with van der Waals surface area (Å²) >= 11 is 0. The van der Waals surface area contributed by atoms with E-state index in [1.165, 1.54) is 4.90 Å². The summed E-state index contributed by atoms with van der Waals surface area (Å²) in [4.78, 5) is 1.41. The first-order valence-electron chi connectivity index (χ1n) is 4.69. The maximum Gasteiger partial charge on any atom is 0.101 e. The van der Waals surface area contributed by atoms with Gasteiger partial charge in [0.1, 0.15) is 6.54 Å². The van der Waals surface area contributed by atoms with Gasteiger partial charge in [0.25, 0.3) is 0 Å². The molecule has 0 spiro atoms. The van der Waals surface area contributed by atoms with Gasteiger partial charge in [-0.1, -0.05) is 0 Å². The second-order valence-corrected chi connectivity index (χ2v) is 3.01. The van der Waals surface area contributed by atoms with Crippen LogP contribution >= 0.6 is 0 Å². The lowest BCUT2D eigenvalue weighted by Crippen LogP contribution is -3.12. The minimum atomic E-state index is 0.254. The molecular formula is C8H22N3O+. The van der Waals surface area contributed by atoms with E-state index in [0.29, 0.717) is 0 Å². The molecule has 0 bridgehead atoms. The maximum atomic E-state index is 8.75. The van der Waals surface area contributed by atoms with Crippen LogP contribution in [0.1, 0.15) is 12.8 Å². The van der Waals surface area contributed by atoms with E-state index in [-0.39, 0.29) is 6.61 Å². The molecule has 4 heteroatoms. The second-order valence-electron chi connectivity index (χ2n) is 3.01. The molecular weight excluding hydrogens is 154 g/mol. The van der Waals surface area contributed by atoms with Crippen molar-refractivity contribution in [3.05, 3.63) is 0 Å². The largest absolute Gasteiger partial charge is 0.391 e. The van der Waals surface area contributed by atoms with Gasteiger partial charge in [-0.15, -0.1) is 0 Å². The van der Waals surface area contributed by atoms with E-state index in [1.807, 2.05) is 0 Å². The summed E-state index contributed by atoms with van der Waals surface area (Å²) in [5, 5.41) is 8.75. The Morgan fingerprint density at radius 3 is 1.75 bits per heavy atom. The van der Waals surface area contributed by atoms with Crippen molar-refractivity contribution >= 4 is 0 Å². The van der Waals surface area contributed by atoms with Crippen molar-refractivity contribution < 1.29 is 10.0 Å². The molecule has 0 fully saturated rings. The van der Waals surface area contributed by atoms with Crippen LogP contribution in [-0.4, -0.2) is 44.4 Å². The third-order valence-electron chi connectivity index (χ3n) is 1.93. The molecule has 0 saturated heterocycles. The molecule has 0 aliphatic rings. The Hall–Kier alpha value is -0.160. The number of aliphatic hydroxyl groups excluding tert-OH is 1. The van der Waals surface area contributed by atoms with Gasteiger partial charge >= 0.3 is 0 Å². The lowest BCUT2D eigenvalue weighted by molar-refractivity contribution is -0.900. The van der Waals surface area contributed by atoms with Crippen LogP contribution in [0.4, 0.5) is 0 Å². The van der Waals surface area contributed by atoms with Gasteiger partial charge in [0.05, 0.1) is 19.7 Å². The number of nitrogens with one attached hydrogen (secondary N) is 1. The van der Waals surface area contributed by atoms with E-state index in [9.17, 15) is 0 Å². The van der Waals surface area contributed by atoms with Gasteiger partial charge in [-0.25, -0.2) is 0 Å². The zero-order valence-corrected chi connectivity index (χ0v) is 7.76. The number of rotatable bonds is 8. The van der Waals surface area contributed by atoms with E-state index in [2.05, 4.69) is 0 Å². The summed E-state index contributed by atoms with van der Waals surface area (Å²) in [7, 11) is 0. The average Bonchev–Trinajstić information content (AvgIpc) is 2.10. The Balaban J connectivity index is 3.40. The van der Waals surface area contributed by atoms with Gasteiger partial charge < -0.3 is 21.5 Å². The van der Waals surface area contributed by atoms with Crippen LogP contribution in [0.25, 0.3) is 0 Å². The summed E-state index contributed by atoms with van der Waals surface area (Å²) in [5.74, 6) is 0. The predicted molar refractivity (Wildman–Crippen MR) is 50.0 cm³/mol. The Kier molecular flexibility index (Phi) is 8.81. The molecule has 0 atom stereocenters. The first-order valence-corrected chi connectivity index (χ1v) is 4.69. The van der Waals surface area contributed by atoms with Crippen LogP contribution in [0.2, 0.25) is 0 Å². The molecule has 0 radical (unpaired) electrons. The van der Waals surface area contributed by atoms with Gasteiger partial charge in [0, 0.05) is 12.8 Å². The summed E-state index contributed by atoms with van der Waals surface area (Å²) in [6.45, 7) is 4.65. The Labute approximate surface area is 74.5 Å². The monoisotopic (exact) mass is 176 g/mol. The fourth-order valence-electron chi connectivity index (χ4n) is 1.24. The van der Waals surface area contributed by atoms with Crippen molar-refractivity contribution in [2.45, 2.75) is 12.8 Å². The van der Waals surface area contributed by atoms with Gasteiger partial charge in [0.2, 0.25) is 0 Å². The number of quaternary nitrogens is 1. The van der Waals surface area contributed by atoms with Crippen molar-refractivity contribution in [1.82, 2.24) is 0 Å². The normalized spacial score (nSPS) is 11.0. The maximum absolute atomic E-state index is 8.75. The van der Waals surface area contributed by atoms with E-state index >= 15 is 0 Å². The summed E-state index contributed by atoms with van der Waals surface area (Å²) in [5.41, 5.74) is 10.8. The van der Waals surface area contributed by atoms with Crippen LogP contribution in [0.3, 0.4) is 0 Å². The second kappa shape index (κ2) is 8.93.